The van der Waals surface area contributed by atoms with Gasteiger partial charge in [0.15, 0.2) is 0 Å². The van der Waals surface area contributed by atoms with E-state index in [2.05, 4.69) is 13.8 Å². The molecule has 0 radical (unpaired) electrons. The van der Waals surface area contributed by atoms with Crippen LogP contribution in [-0.4, -0.2) is 6.04 Å². The van der Waals surface area contributed by atoms with E-state index >= 15 is 0 Å². The van der Waals surface area contributed by atoms with Gasteiger partial charge < -0.3 is 5.73 Å². The van der Waals surface area contributed by atoms with Crippen LogP contribution >= 0.6 is 12.4 Å². The van der Waals surface area contributed by atoms with Crippen LogP contribution in [0.5, 0.6) is 0 Å². The zero-order valence-corrected chi connectivity index (χ0v) is 7.66. The molecule has 0 unspecified atom stereocenters. The molecule has 1 nitrogen and oxygen atoms in total. The normalized spacial score (nSPS) is 40.5. The first-order valence-electron chi connectivity index (χ1n) is 3.97. The van der Waals surface area contributed by atoms with Gasteiger partial charge in [-0.2, -0.15) is 0 Å². The summed E-state index contributed by atoms with van der Waals surface area (Å²) in [6, 6.07) is 0.471. The van der Waals surface area contributed by atoms with E-state index in [1.807, 2.05) is 0 Å². The average molecular weight is 164 g/mol. The lowest BCUT2D eigenvalue weighted by Crippen LogP contribution is -2.37. The molecule has 0 amide bonds. The van der Waals surface area contributed by atoms with Crippen LogP contribution in [0.1, 0.15) is 33.1 Å². The molecular weight excluding hydrogens is 146 g/mol. The molecule has 3 atom stereocenters. The molecule has 0 aromatic heterocycles. The van der Waals surface area contributed by atoms with Gasteiger partial charge in [-0.3, -0.25) is 0 Å². The molecule has 10 heavy (non-hydrogen) atoms. The highest BCUT2D eigenvalue weighted by Gasteiger charge is 2.23. The second-order valence-electron chi connectivity index (χ2n) is 3.46. The molecule has 1 aliphatic carbocycles. The number of rotatable bonds is 0. The number of halogens is 1. The predicted octanol–water partition coefficient (Wildman–Crippen LogP) is 2.19. The van der Waals surface area contributed by atoms with E-state index in [0.717, 1.165) is 11.8 Å². The Balaban J connectivity index is 0.000000810. The summed E-state index contributed by atoms with van der Waals surface area (Å²) in [6.45, 7) is 4.53. The highest BCUT2D eigenvalue weighted by molar-refractivity contribution is 5.85. The van der Waals surface area contributed by atoms with Crippen molar-refractivity contribution in [3.63, 3.8) is 0 Å². The van der Waals surface area contributed by atoms with Gasteiger partial charge in [0.2, 0.25) is 0 Å². The summed E-state index contributed by atoms with van der Waals surface area (Å²) in [7, 11) is 0. The first-order chi connectivity index (χ1) is 4.22. The van der Waals surface area contributed by atoms with E-state index in [1.165, 1.54) is 19.3 Å². The van der Waals surface area contributed by atoms with E-state index in [1.54, 1.807) is 0 Å². The summed E-state index contributed by atoms with van der Waals surface area (Å²) < 4.78 is 0. The third-order valence-electron chi connectivity index (χ3n) is 2.63. The Bertz CT molecular complexity index is 85.3. The van der Waals surface area contributed by atoms with Crippen molar-refractivity contribution in [1.29, 1.82) is 0 Å². The highest BCUT2D eigenvalue weighted by atomic mass is 35.5. The van der Waals surface area contributed by atoms with Gasteiger partial charge in [0.25, 0.3) is 0 Å². The maximum absolute atomic E-state index is 5.92. The molecule has 0 heterocycles. The summed E-state index contributed by atoms with van der Waals surface area (Å²) in [5, 5.41) is 0. The van der Waals surface area contributed by atoms with Crippen LogP contribution in [0.4, 0.5) is 0 Å². The zero-order valence-electron chi connectivity index (χ0n) is 6.84. The quantitative estimate of drug-likeness (QED) is 0.582. The van der Waals surface area contributed by atoms with Crippen molar-refractivity contribution in [2.24, 2.45) is 17.6 Å². The largest absolute Gasteiger partial charge is 0.327 e. The molecule has 2 N–H and O–H groups in total. The maximum Gasteiger partial charge on any atom is 0.00903 e. The molecule has 1 rings (SSSR count). The fourth-order valence-electron chi connectivity index (χ4n) is 1.71. The Morgan fingerprint density at radius 2 is 1.50 bits per heavy atom. The van der Waals surface area contributed by atoms with Gasteiger partial charge in [-0.25, -0.2) is 0 Å². The summed E-state index contributed by atoms with van der Waals surface area (Å²) >= 11 is 0. The topological polar surface area (TPSA) is 26.0 Å². The van der Waals surface area contributed by atoms with E-state index < -0.39 is 0 Å². The van der Waals surface area contributed by atoms with E-state index in [9.17, 15) is 0 Å². The van der Waals surface area contributed by atoms with Gasteiger partial charge in [0.1, 0.15) is 0 Å². The summed E-state index contributed by atoms with van der Waals surface area (Å²) in [5.41, 5.74) is 5.92. The lowest BCUT2D eigenvalue weighted by Gasteiger charge is -2.31. The van der Waals surface area contributed by atoms with Crippen molar-refractivity contribution in [3.8, 4) is 0 Å². The van der Waals surface area contributed by atoms with Gasteiger partial charge >= 0.3 is 0 Å². The lowest BCUT2D eigenvalue weighted by molar-refractivity contribution is 0.251. The van der Waals surface area contributed by atoms with Crippen molar-refractivity contribution in [2.75, 3.05) is 0 Å². The number of nitrogens with two attached hydrogens (primary N) is 1. The SMILES string of the molecule is C[C@@H]1CCC[C@H](C)[C@@H]1N.Cl. The Morgan fingerprint density at radius 3 is 1.80 bits per heavy atom. The first-order valence-corrected chi connectivity index (χ1v) is 3.97. The van der Waals surface area contributed by atoms with Gasteiger partial charge in [-0.05, 0) is 24.7 Å². The van der Waals surface area contributed by atoms with E-state index in [-0.39, 0.29) is 12.4 Å². The monoisotopic (exact) mass is 163 g/mol. The average Bonchev–Trinajstić information content (AvgIpc) is 1.83. The molecule has 0 aromatic rings. The Hall–Kier alpha value is 0.250. The Labute approximate surface area is 69.8 Å². The molecule has 0 saturated heterocycles. The van der Waals surface area contributed by atoms with Gasteiger partial charge in [0, 0.05) is 6.04 Å². The third kappa shape index (κ3) is 2.14. The zero-order chi connectivity index (χ0) is 6.85. The minimum absolute atomic E-state index is 0. The predicted molar refractivity (Wildman–Crippen MR) is 47.4 cm³/mol. The molecule has 0 spiro atoms. The molecule has 0 aliphatic heterocycles. The maximum atomic E-state index is 5.92. The van der Waals surface area contributed by atoms with Crippen LogP contribution in [-0.2, 0) is 0 Å². The summed E-state index contributed by atoms with van der Waals surface area (Å²) in [5.74, 6) is 1.52. The Morgan fingerprint density at radius 1 is 1.10 bits per heavy atom. The number of hydrogen-bond donors (Lipinski definition) is 1. The van der Waals surface area contributed by atoms with Crippen molar-refractivity contribution >= 4 is 12.4 Å². The minimum atomic E-state index is 0. The van der Waals surface area contributed by atoms with Crippen LogP contribution in [0.2, 0.25) is 0 Å². The molecule has 1 aliphatic rings. The molecule has 1 fully saturated rings. The molecule has 1 saturated carbocycles. The first kappa shape index (κ1) is 10.2. The second-order valence-corrected chi connectivity index (χ2v) is 3.46. The number of hydrogen-bond acceptors (Lipinski definition) is 1. The summed E-state index contributed by atoms with van der Waals surface area (Å²) in [6.07, 6.45) is 4.06. The van der Waals surface area contributed by atoms with E-state index in [0.29, 0.717) is 6.04 Å². The van der Waals surface area contributed by atoms with Crippen LogP contribution in [0.25, 0.3) is 0 Å². The molecule has 0 aromatic carbocycles. The van der Waals surface area contributed by atoms with Crippen LogP contribution in [0.3, 0.4) is 0 Å². The standard InChI is InChI=1S/C8H17N.ClH/c1-6-4-3-5-7(2)8(6)9;/h6-8H,3-5,9H2,1-2H3;1H/t6-,7+,8-;. The van der Waals surface area contributed by atoms with Crippen LogP contribution < -0.4 is 5.73 Å². The van der Waals surface area contributed by atoms with Crippen molar-refractivity contribution in [2.45, 2.75) is 39.2 Å². The Kier molecular flexibility index (Phi) is 4.30. The molecule has 2 heteroatoms. The third-order valence-corrected chi connectivity index (χ3v) is 2.63. The van der Waals surface area contributed by atoms with Crippen LogP contribution in [0, 0.1) is 11.8 Å². The second kappa shape index (κ2) is 4.20. The summed E-state index contributed by atoms with van der Waals surface area (Å²) in [4.78, 5) is 0. The van der Waals surface area contributed by atoms with Crippen molar-refractivity contribution in [1.82, 2.24) is 0 Å². The highest BCUT2D eigenvalue weighted by Crippen LogP contribution is 2.26. The molecule has 62 valence electrons. The fourth-order valence-corrected chi connectivity index (χ4v) is 1.71. The smallest absolute Gasteiger partial charge is 0.00903 e. The van der Waals surface area contributed by atoms with Crippen LogP contribution in [0.15, 0.2) is 0 Å². The van der Waals surface area contributed by atoms with E-state index in [4.69, 9.17) is 5.73 Å². The van der Waals surface area contributed by atoms with Gasteiger partial charge in [-0.15, -0.1) is 12.4 Å². The van der Waals surface area contributed by atoms with Crippen molar-refractivity contribution in [3.05, 3.63) is 0 Å². The molecular formula is C8H18ClN. The molecule has 0 bridgehead atoms. The van der Waals surface area contributed by atoms with Gasteiger partial charge in [0.05, 0.1) is 0 Å². The van der Waals surface area contributed by atoms with Gasteiger partial charge in [-0.1, -0.05) is 20.3 Å². The minimum Gasteiger partial charge on any atom is -0.327 e. The lowest BCUT2D eigenvalue weighted by atomic mass is 9.79. The van der Waals surface area contributed by atoms with Crippen molar-refractivity contribution < 1.29 is 0 Å². The fraction of sp³-hybridized carbons (Fsp3) is 1.00.